The van der Waals surface area contributed by atoms with Crippen molar-refractivity contribution in [2.75, 3.05) is 18.5 Å². The van der Waals surface area contributed by atoms with Gasteiger partial charge in [0.15, 0.2) is 0 Å². The van der Waals surface area contributed by atoms with Crippen molar-refractivity contribution in [2.45, 2.75) is 19.9 Å². The summed E-state index contributed by atoms with van der Waals surface area (Å²) in [7, 11) is 0. The first kappa shape index (κ1) is 10.9. The Balaban J connectivity index is 2.32. The molecule has 1 aromatic carbocycles. The van der Waals surface area contributed by atoms with Crippen LogP contribution >= 0.6 is 0 Å². The van der Waals surface area contributed by atoms with Crippen molar-refractivity contribution < 1.29 is 9.66 Å². The Hall–Kier alpha value is -1.62. The summed E-state index contributed by atoms with van der Waals surface area (Å²) in [6.45, 7) is 5.05. The summed E-state index contributed by atoms with van der Waals surface area (Å²) in [4.78, 5) is 10.6. The van der Waals surface area contributed by atoms with Crippen LogP contribution in [0, 0.1) is 24.0 Å². The molecule has 1 heterocycles. The minimum atomic E-state index is -0.353. The van der Waals surface area contributed by atoms with Crippen LogP contribution in [0.1, 0.15) is 11.1 Å². The van der Waals surface area contributed by atoms with E-state index >= 15 is 0 Å². The van der Waals surface area contributed by atoms with E-state index in [1.807, 2.05) is 19.9 Å². The molecule has 1 aliphatic heterocycles. The summed E-state index contributed by atoms with van der Waals surface area (Å²) in [5.74, 6) is 0. The van der Waals surface area contributed by atoms with Crippen LogP contribution in [-0.4, -0.2) is 24.2 Å². The molecule has 5 heteroatoms. The van der Waals surface area contributed by atoms with Crippen LogP contribution in [0.15, 0.2) is 12.1 Å². The Kier molecular flexibility index (Phi) is 2.78. The fourth-order valence-corrected chi connectivity index (χ4v) is 1.61. The molecule has 1 saturated heterocycles. The van der Waals surface area contributed by atoms with E-state index in [2.05, 4.69) is 5.32 Å². The third-order valence-corrected chi connectivity index (χ3v) is 2.81. The van der Waals surface area contributed by atoms with Gasteiger partial charge in [0.05, 0.1) is 24.2 Å². The maximum atomic E-state index is 10.9. The molecule has 0 aromatic heterocycles. The standard InChI is InChI=1S/C11H14N2O3/c1-7-3-10(12-9-5-16-6-9)11(13(14)15)4-8(7)2/h3-4,9,12H,5-6H2,1-2H3. The molecule has 1 aliphatic rings. The zero-order valence-electron chi connectivity index (χ0n) is 9.32. The average molecular weight is 222 g/mol. The van der Waals surface area contributed by atoms with Crippen molar-refractivity contribution in [3.8, 4) is 0 Å². The number of nitrogens with zero attached hydrogens (tertiary/aromatic N) is 1. The molecule has 1 N–H and O–H groups in total. The SMILES string of the molecule is Cc1cc(NC2COC2)c([N+](=O)[O-])cc1C. The average Bonchev–Trinajstić information content (AvgIpc) is 2.16. The van der Waals surface area contributed by atoms with Crippen LogP contribution in [0.3, 0.4) is 0 Å². The first-order chi connectivity index (χ1) is 7.58. The molecule has 1 fully saturated rings. The van der Waals surface area contributed by atoms with Crippen LogP contribution in [0.25, 0.3) is 0 Å². The van der Waals surface area contributed by atoms with Gasteiger partial charge in [0.1, 0.15) is 5.69 Å². The summed E-state index contributed by atoms with van der Waals surface area (Å²) >= 11 is 0. The van der Waals surface area contributed by atoms with Gasteiger partial charge < -0.3 is 10.1 Å². The van der Waals surface area contributed by atoms with E-state index in [9.17, 15) is 10.1 Å². The molecule has 16 heavy (non-hydrogen) atoms. The minimum absolute atomic E-state index is 0.134. The third-order valence-electron chi connectivity index (χ3n) is 2.81. The Bertz CT molecular complexity index is 427. The molecule has 2 rings (SSSR count). The largest absolute Gasteiger partial charge is 0.377 e. The maximum Gasteiger partial charge on any atom is 0.292 e. The van der Waals surface area contributed by atoms with Crippen molar-refractivity contribution in [1.82, 2.24) is 0 Å². The van der Waals surface area contributed by atoms with Crippen molar-refractivity contribution in [1.29, 1.82) is 0 Å². The lowest BCUT2D eigenvalue weighted by atomic mass is 10.1. The molecule has 5 nitrogen and oxygen atoms in total. The molecular formula is C11H14N2O3. The predicted molar refractivity (Wildman–Crippen MR) is 60.8 cm³/mol. The number of nitrogens with one attached hydrogen (secondary N) is 1. The lowest BCUT2D eigenvalue weighted by molar-refractivity contribution is -0.384. The fourth-order valence-electron chi connectivity index (χ4n) is 1.61. The van der Waals surface area contributed by atoms with Crippen LogP contribution in [0.5, 0.6) is 0 Å². The summed E-state index contributed by atoms with van der Waals surface area (Å²) in [6.07, 6.45) is 0. The number of rotatable bonds is 3. The Morgan fingerprint density at radius 1 is 1.38 bits per heavy atom. The predicted octanol–water partition coefficient (Wildman–Crippen LogP) is 2.02. The smallest absolute Gasteiger partial charge is 0.292 e. The topological polar surface area (TPSA) is 64.4 Å². The lowest BCUT2D eigenvalue weighted by Gasteiger charge is -2.27. The highest BCUT2D eigenvalue weighted by molar-refractivity contribution is 5.65. The van der Waals surface area contributed by atoms with Crippen LogP contribution < -0.4 is 5.32 Å². The normalized spacial score (nSPS) is 15.6. The monoisotopic (exact) mass is 222 g/mol. The van der Waals surface area contributed by atoms with E-state index in [0.29, 0.717) is 18.9 Å². The van der Waals surface area contributed by atoms with E-state index in [1.165, 1.54) is 0 Å². The molecule has 1 aromatic rings. The number of anilines is 1. The summed E-state index contributed by atoms with van der Waals surface area (Å²) in [5, 5.41) is 14.0. The molecular weight excluding hydrogens is 208 g/mol. The van der Waals surface area contributed by atoms with Crippen molar-refractivity contribution in [3.05, 3.63) is 33.4 Å². The molecule has 0 atom stereocenters. The van der Waals surface area contributed by atoms with Crippen LogP contribution in [0.2, 0.25) is 0 Å². The summed E-state index contributed by atoms with van der Waals surface area (Å²) < 4.78 is 5.03. The summed E-state index contributed by atoms with van der Waals surface area (Å²) in [6, 6.07) is 3.63. The molecule has 0 amide bonds. The highest BCUT2D eigenvalue weighted by Gasteiger charge is 2.22. The van der Waals surface area contributed by atoms with Gasteiger partial charge in [-0.2, -0.15) is 0 Å². The van der Waals surface area contributed by atoms with E-state index in [0.717, 1.165) is 11.1 Å². The van der Waals surface area contributed by atoms with Gasteiger partial charge in [0, 0.05) is 6.07 Å². The third kappa shape index (κ3) is 1.99. The molecule has 0 radical (unpaired) electrons. The first-order valence-corrected chi connectivity index (χ1v) is 5.18. The molecule has 0 unspecified atom stereocenters. The molecule has 0 spiro atoms. The van der Waals surface area contributed by atoms with E-state index in [1.54, 1.807) is 6.07 Å². The van der Waals surface area contributed by atoms with E-state index in [-0.39, 0.29) is 16.7 Å². The second-order valence-corrected chi connectivity index (χ2v) is 4.09. The first-order valence-electron chi connectivity index (χ1n) is 5.18. The highest BCUT2D eigenvalue weighted by atomic mass is 16.6. The van der Waals surface area contributed by atoms with Gasteiger partial charge in [-0.05, 0) is 31.0 Å². The van der Waals surface area contributed by atoms with Gasteiger partial charge >= 0.3 is 0 Å². The highest BCUT2D eigenvalue weighted by Crippen LogP contribution is 2.29. The quantitative estimate of drug-likeness (QED) is 0.627. The zero-order chi connectivity index (χ0) is 11.7. The lowest BCUT2D eigenvalue weighted by Crippen LogP contribution is -2.40. The Morgan fingerprint density at radius 3 is 2.50 bits per heavy atom. The number of hydrogen-bond acceptors (Lipinski definition) is 4. The van der Waals surface area contributed by atoms with Crippen LogP contribution in [-0.2, 0) is 4.74 Å². The number of nitro benzene ring substituents is 1. The van der Waals surface area contributed by atoms with Gasteiger partial charge in [-0.15, -0.1) is 0 Å². The molecule has 86 valence electrons. The van der Waals surface area contributed by atoms with Crippen molar-refractivity contribution in [3.63, 3.8) is 0 Å². The second-order valence-electron chi connectivity index (χ2n) is 4.09. The van der Waals surface area contributed by atoms with E-state index < -0.39 is 0 Å². The number of ether oxygens (including phenoxy) is 1. The van der Waals surface area contributed by atoms with Gasteiger partial charge in [-0.3, -0.25) is 10.1 Å². The van der Waals surface area contributed by atoms with Gasteiger partial charge in [0.25, 0.3) is 5.69 Å². The number of aryl methyl sites for hydroxylation is 2. The number of hydrogen-bond donors (Lipinski definition) is 1. The Labute approximate surface area is 93.6 Å². The maximum absolute atomic E-state index is 10.9. The van der Waals surface area contributed by atoms with Crippen molar-refractivity contribution in [2.24, 2.45) is 0 Å². The molecule has 0 aliphatic carbocycles. The van der Waals surface area contributed by atoms with Gasteiger partial charge in [0.2, 0.25) is 0 Å². The van der Waals surface area contributed by atoms with Gasteiger partial charge in [-0.1, -0.05) is 0 Å². The number of nitro groups is 1. The zero-order valence-corrected chi connectivity index (χ0v) is 9.32. The molecule has 0 saturated carbocycles. The minimum Gasteiger partial charge on any atom is -0.377 e. The van der Waals surface area contributed by atoms with Crippen molar-refractivity contribution >= 4 is 11.4 Å². The second kappa shape index (κ2) is 4.09. The fraction of sp³-hybridized carbons (Fsp3) is 0.455. The van der Waals surface area contributed by atoms with E-state index in [4.69, 9.17) is 4.74 Å². The van der Waals surface area contributed by atoms with Crippen LogP contribution in [0.4, 0.5) is 11.4 Å². The summed E-state index contributed by atoms with van der Waals surface area (Å²) in [5.41, 5.74) is 2.70. The van der Waals surface area contributed by atoms with Gasteiger partial charge in [-0.25, -0.2) is 0 Å². The number of benzene rings is 1. The Morgan fingerprint density at radius 2 is 2.00 bits per heavy atom. The molecule has 0 bridgehead atoms.